The lowest BCUT2D eigenvalue weighted by atomic mass is 10.0. The number of rotatable bonds is 6. The summed E-state index contributed by atoms with van der Waals surface area (Å²) < 4.78 is 10.2. The molecule has 0 atom stereocenters. The molecule has 0 saturated carbocycles. The number of hydrogen-bond donors (Lipinski definition) is 1. The fourth-order valence-corrected chi connectivity index (χ4v) is 1.94. The van der Waals surface area contributed by atoms with Gasteiger partial charge in [-0.1, -0.05) is 11.6 Å². The molecule has 0 spiro atoms. The van der Waals surface area contributed by atoms with Gasteiger partial charge in [-0.3, -0.25) is 9.59 Å². The highest BCUT2D eigenvalue weighted by atomic mass is 35.5. The smallest absolute Gasteiger partial charge is 0.173 e. The van der Waals surface area contributed by atoms with Crippen molar-refractivity contribution in [1.29, 1.82) is 0 Å². The summed E-state index contributed by atoms with van der Waals surface area (Å²) >= 11 is 6.00. The van der Waals surface area contributed by atoms with Crippen LogP contribution in [0.2, 0.25) is 5.02 Å². The molecule has 6 heteroatoms. The number of methoxy groups -OCH3 is 2. The minimum Gasteiger partial charge on any atom is -0.492 e. The van der Waals surface area contributed by atoms with Crippen molar-refractivity contribution in [1.82, 2.24) is 0 Å². The van der Waals surface area contributed by atoms with E-state index in [4.69, 9.17) is 26.8 Å². The summed E-state index contributed by atoms with van der Waals surface area (Å²) in [5, 5.41) is 0.146. The minimum absolute atomic E-state index is 0.139. The molecule has 1 aromatic carbocycles. The third-order valence-electron chi connectivity index (χ3n) is 2.40. The fourth-order valence-electron chi connectivity index (χ4n) is 1.64. The highest BCUT2D eigenvalue weighted by molar-refractivity contribution is 6.35. The van der Waals surface area contributed by atoms with E-state index in [0.717, 1.165) is 0 Å². The monoisotopic (exact) mass is 271 g/mol. The summed E-state index contributed by atoms with van der Waals surface area (Å²) in [6, 6.07) is 1.37. The van der Waals surface area contributed by atoms with Gasteiger partial charge in [0, 0.05) is 6.42 Å². The average Bonchev–Trinajstić information content (AvgIpc) is 2.37. The zero-order chi connectivity index (χ0) is 13.7. The Morgan fingerprint density at radius 3 is 2.44 bits per heavy atom. The number of benzene rings is 1. The minimum atomic E-state index is -0.255. The second kappa shape index (κ2) is 6.37. The summed E-state index contributed by atoms with van der Waals surface area (Å²) in [6.07, 6.45) is 0.726. The van der Waals surface area contributed by atoms with E-state index in [1.165, 1.54) is 20.3 Å². The Morgan fingerprint density at radius 2 is 2.00 bits per heavy atom. The molecule has 1 rings (SSSR count). The second-order valence-electron chi connectivity index (χ2n) is 3.47. The number of ketones is 1. The molecule has 0 fully saturated rings. The molecule has 0 bridgehead atoms. The van der Waals surface area contributed by atoms with E-state index >= 15 is 0 Å². The van der Waals surface area contributed by atoms with Crippen LogP contribution in [0.3, 0.4) is 0 Å². The number of hydrogen-bond acceptors (Lipinski definition) is 5. The van der Waals surface area contributed by atoms with Crippen molar-refractivity contribution in [3.8, 4) is 11.5 Å². The van der Waals surface area contributed by atoms with Gasteiger partial charge in [-0.2, -0.15) is 0 Å². The molecule has 0 saturated heterocycles. The van der Waals surface area contributed by atoms with Crippen molar-refractivity contribution >= 4 is 23.7 Å². The van der Waals surface area contributed by atoms with Gasteiger partial charge < -0.3 is 15.2 Å². The predicted molar refractivity (Wildman–Crippen MR) is 67.9 cm³/mol. The highest BCUT2D eigenvalue weighted by Gasteiger charge is 2.23. The van der Waals surface area contributed by atoms with Crippen LogP contribution in [0.1, 0.15) is 27.1 Å². The first-order valence-corrected chi connectivity index (χ1v) is 5.61. The largest absolute Gasteiger partial charge is 0.492 e. The predicted octanol–water partition coefficient (Wildman–Crippen LogP) is 1.70. The molecule has 0 unspecified atom stereocenters. The number of nitrogens with two attached hydrogens (primary N) is 1. The van der Waals surface area contributed by atoms with Crippen LogP contribution in [-0.2, 0) is 0 Å². The van der Waals surface area contributed by atoms with E-state index in [2.05, 4.69) is 0 Å². The number of carbonyl (C=O) groups is 2. The van der Waals surface area contributed by atoms with Gasteiger partial charge in [0.25, 0.3) is 0 Å². The third-order valence-corrected chi connectivity index (χ3v) is 2.70. The van der Waals surface area contributed by atoms with Crippen LogP contribution < -0.4 is 15.2 Å². The van der Waals surface area contributed by atoms with Gasteiger partial charge in [0.1, 0.15) is 0 Å². The van der Waals surface area contributed by atoms with E-state index in [0.29, 0.717) is 6.29 Å². The first-order chi connectivity index (χ1) is 8.60. The molecule has 98 valence electrons. The number of ether oxygens (including phenoxy) is 2. The van der Waals surface area contributed by atoms with Crippen LogP contribution in [0, 0.1) is 0 Å². The molecule has 1 aromatic rings. The van der Waals surface area contributed by atoms with Crippen LogP contribution in [0.5, 0.6) is 11.5 Å². The zero-order valence-corrected chi connectivity index (χ0v) is 10.9. The molecule has 0 aliphatic heterocycles. The normalized spacial score (nSPS) is 10.0. The Balaban J connectivity index is 3.50. The van der Waals surface area contributed by atoms with Crippen LogP contribution in [0.25, 0.3) is 0 Å². The van der Waals surface area contributed by atoms with E-state index in [1.54, 1.807) is 0 Å². The van der Waals surface area contributed by atoms with Crippen LogP contribution in [-0.4, -0.2) is 32.8 Å². The van der Waals surface area contributed by atoms with Crippen LogP contribution >= 0.6 is 11.6 Å². The molecule has 0 aliphatic carbocycles. The first kappa shape index (κ1) is 14.5. The Labute approximate surface area is 110 Å². The molecule has 18 heavy (non-hydrogen) atoms. The first-order valence-electron chi connectivity index (χ1n) is 5.23. The zero-order valence-electron chi connectivity index (χ0n) is 10.2. The summed E-state index contributed by atoms with van der Waals surface area (Å²) in [5.41, 5.74) is 5.76. The summed E-state index contributed by atoms with van der Waals surface area (Å²) in [5.74, 6) is 0.0953. The molecule has 0 amide bonds. The van der Waals surface area contributed by atoms with E-state index < -0.39 is 0 Å². The van der Waals surface area contributed by atoms with Gasteiger partial charge in [0.2, 0.25) is 0 Å². The summed E-state index contributed by atoms with van der Waals surface area (Å²) in [7, 11) is 2.76. The number of Topliss-reactive ketones (excluding diaryl/α,β-unsaturated/α-hetero) is 1. The van der Waals surface area contributed by atoms with Crippen molar-refractivity contribution in [2.24, 2.45) is 5.73 Å². The maximum Gasteiger partial charge on any atom is 0.173 e. The Kier molecular flexibility index (Phi) is 5.12. The van der Waals surface area contributed by atoms with Crippen molar-refractivity contribution in [3.05, 3.63) is 22.2 Å². The second-order valence-corrected chi connectivity index (χ2v) is 3.88. The number of halogens is 1. The molecular formula is C12H14ClNO4. The van der Waals surface area contributed by atoms with Gasteiger partial charge in [-0.25, -0.2) is 0 Å². The number of carbonyl (C=O) groups excluding carboxylic acids is 2. The molecular weight excluding hydrogens is 258 g/mol. The van der Waals surface area contributed by atoms with E-state index in [1.807, 2.05) is 0 Å². The summed E-state index contributed by atoms with van der Waals surface area (Å²) in [4.78, 5) is 22.8. The maximum atomic E-state index is 11.9. The summed E-state index contributed by atoms with van der Waals surface area (Å²) in [6.45, 7) is 0.204. The van der Waals surface area contributed by atoms with Gasteiger partial charge >= 0.3 is 0 Å². The van der Waals surface area contributed by atoms with Crippen molar-refractivity contribution in [2.45, 2.75) is 6.42 Å². The van der Waals surface area contributed by atoms with Crippen molar-refractivity contribution in [2.75, 3.05) is 20.8 Å². The third kappa shape index (κ3) is 2.63. The van der Waals surface area contributed by atoms with Crippen molar-refractivity contribution < 1.29 is 19.1 Å². The van der Waals surface area contributed by atoms with Crippen LogP contribution in [0.15, 0.2) is 6.07 Å². The van der Waals surface area contributed by atoms with Gasteiger partial charge in [0.05, 0.1) is 30.4 Å². The SMILES string of the molecule is COc1c(C=O)cc(Cl)c(C(=O)CCN)c1OC. The molecule has 2 N–H and O–H groups in total. The Bertz CT molecular complexity index is 474. The van der Waals surface area contributed by atoms with Gasteiger partial charge in [-0.15, -0.1) is 0 Å². The molecule has 5 nitrogen and oxygen atoms in total. The lowest BCUT2D eigenvalue weighted by Gasteiger charge is -2.15. The molecule has 0 heterocycles. The quantitative estimate of drug-likeness (QED) is 0.629. The Morgan fingerprint density at radius 1 is 1.39 bits per heavy atom. The lowest BCUT2D eigenvalue weighted by Crippen LogP contribution is -2.11. The lowest BCUT2D eigenvalue weighted by molar-refractivity contribution is 0.0980. The molecule has 0 aliphatic rings. The Hall–Kier alpha value is -1.59. The van der Waals surface area contributed by atoms with Crippen molar-refractivity contribution in [3.63, 3.8) is 0 Å². The highest BCUT2D eigenvalue weighted by Crippen LogP contribution is 2.39. The van der Waals surface area contributed by atoms with E-state index in [9.17, 15) is 9.59 Å². The maximum absolute atomic E-state index is 11.9. The van der Waals surface area contributed by atoms with E-state index in [-0.39, 0.29) is 46.4 Å². The van der Waals surface area contributed by atoms with Crippen LogP contribution in [0.4, 0.5) is 0 Å². The number of aldehydes is 1. The van der Waals surface area contributed by atoms with Gasteiger partial charge in [0.15, 0.2) is 23.6 Å². The topological polar surface area (TPSA) is 78.6 Å². The fraction of sp³-hybridized carbons (Fsp3) is 0.333. The standard InChI is InChI=1S/C12H14ClNO4/c1-17-11-7(6-15)5-8(13)10(12(11)18-2)9(16)3-4-14/h5-6H,3-4,14H2,1-2H3. The average molecular weight is 272 g/mol. The molecule has 0 aromatic heterocycles. The van der Waals surface area contributed by atoms with Gasteiger partial charge in [-0.05, 0) is 12.6 Å². The molecule has 0 radical (unpaired) electrons.